The summed E-state index contributed by atoms with van der Waals surface area (Å²) in [7, 11) is 0. The third-order valence-electron chi connectivity index (χ3n) is 6.57. The normalized spacial score (nSPS) is 38.0. The molecule has 0 radical (unpaired) electrons. The van der Waals surface area contributed by atoms with Crippen molar-refractivity contribution < 1.29 is 9.59 Å². The summed E-state index contributed by atoms with van der Waals surface area (Å²) in [6.07, 6.45) is 9.01. The number of H-pyrrole nitrogens is 1. The molecule has 0 spiro atoms. The highest BCUT2D eigenvalue weighted by atomic mass is 16.2. The van der Waals surface area contributed by atoms with Crippen molar-refractivity contribution in [3.05, 3.63) is 48.2 Å². The highest BCUT2D eigenvalue weighted by Crippen LogP contribution is 2.65. The van der Waals surface area contributed by atoms with Crippen LogP contribution in [0.3, 0.4) is 0 Å². The second-order valence-corrected chi connectivity index (χ2v) is 7.68. The van der Waals surface area contributed by atoms with Crippen molar-refractivity contribution in [2.24, 2.45) is 40.6 Å². The second kappa shape index (κ2) is 4.48. The first-order valence-corrected chi connectivity index (χ1v) is 8.90. The van der Waals surface area contributed by atoms with Gasteiger partial charge in [-0.3, -0.25) is 9.59 Å². The average molecular weight is 331 g/mol. The zero-order valence-electron chi connectivity index (χ0n) is 13.5. The maximum Gasteiger partial charge on any atom is 0.254 e. The number of imide groups is 1. The number of fused-ring (bicyclic) bond motifs is 1. The van der Waals surface area contributed by atoms with E-state index in [9.17, 15) is 9.59 Å². The van der Waals surface area contributed by atoms with Gasteiger partial charge in [-0.05, 0) is 36.2 Å². The number of nitrogens with one attached hydrogen (secondary N) is 1. The van der Waals surface area contributed by atoms with E-state index in [1.807, 2.05) is 30.5 Å². The molecule has 5 aliphatic rings. The molecule has 2 bridgehead atoms. The Balaban J connectivity index is 1.35. The molecular weight excluding hydrogens is 314 g/mol. The van der Waals surface area contributed by atoms with E-state index in [1.165, 1.54) is 6.42 Å². The van der Waals surface area contributed by atoms with Gasteiger partial charge in [0.05, 0.1) is 18.1 Å². The predicted octanol–water partition coefficient (Wildman–Crippen LogP) is 2.55. The number of hydrazone groups is 1. The highest BCUT2D eigenvalue weighted by Gasteiger charge is 2.67. The fraction of sp³-hybridized carbons (Fsp3) is 0.350. The Morgan fingerprint density at radius 3 is 2.44 bits per heavy atom. The molecule has 1 aromatic heterocycles. The number of hydrogen-bond acceptors (Lipinski definition) is 3. The lowest BCUT2D eigenvalue weighted by Crippen LogP contribution is -2.40. The Morgan fingerprint density at radius 2 is 1.72 bits per heavy atom. The van der Waals surface area contributed by atoms with E-state index in [-0.39, 0.29) is 35.5 Å². The van der Waals surface area contributed by atoms with E-state index >= 15 is 0 Å². The van der Waals surface area contributed by atoms with E-state index < -0.39 is 0 Å². The molecule has 6 atom stereocenters. The zero-order valence-corrected chi connectivity index (χ0v) is 13.5. The van der Waals surface area contributed by atoms with Gasteiger partial charge in [0.2, 0.25) is 0 Å². The van der Waals surface area contributed by atoms with E-state index in [4.69, 9.17) is 0 Å². The molecule has 1 aromatic carbocycles. The molecular formula is C20H17N3O2. The topological polar surface area (TPSA) is 65.5 Å². The number of allylic oxidation sites excluding steroid dienone is 2. The van der Waals surface area contributed by atoms with Gasteiger partial charge in [-0.25, -0.2) is 0 Å². The highest BCUT2D eigenvalue weighted by molar-refractivity contribution is 6.07. The Kier molecular flexibility index (Phi) is 2.43. The fourth-order valence-corrected chi connectivity index (χ4v) is 5.38. The summed E-state index contributed by atoms with van der Waals surface area (Å²) in [5.74, 6) is 1.11. The van der Waals surface area contributed by atoms with E-state index in [2.05, 4.69) is 22.2 Å². The van der Waals surface area contributed by atoms with Crippen LogP contribution in [0, 0.1) is 35.5 Å². The van der Waals surface area contributed by atoms with Crippen LogP contribution in [0.5, 0.6) is 0 Å². The van der Waals surface area contributed by atoms with Gasteiger partial charge in [0, 0.05) is 22.7 Å². The molecule has 2 saturated carbocycles. The largest absolute Gasteiger partial charge is 0.361 e. The molecule has 1 N–H and O–H groups in total. The summed E-state index contributed by atoms with van der Waals surface area (Å²) in [5.41, 5.74) is 1.90. The maximum atomic E-state index is 12.9. The first-order valence-electron chi connectivity index (χ1n) is 8.90. The number of nitrogens with zero attached hydrogens (tertiary/aromatic N) is 2. The van der Waals surface area contributed by atoms with Gasteiger partial charge in [0.15, 0.2) is 0 Å². The van der Waals surface area contributed by atoms with Crippen LogP contribution in [-0.2, 0) is 9.59 Å². The summed E-state index contributed by atoms with van der Waals surface area (Å²) < 4.78 is 0. The van der Waals surface area contributed by atoms with Gasteiger partial charge >= 0.3 is 0 Å². The lowest BCUT2D eigenvalue weighted by molar-refractivity contribution is -0.140. The summed E-state index contributed by atoms with van der Waals surface area (Å²) in [6, 6.07) is 7.91. The van der Waals surface area contributed by atoms with Crippen molar-refractivity contribution >= 4 is 28.9 Å². The first kappa shape index (κ1) is 13.6. The maximum absolute atomic E-state index is 12.9. The number of amides is 2. The summed E-state index contributed by atoms with van der Waals surface area (Å²) in [5, 5.41) is 6.47. The molecule has 0 unspecified atom stereocenters. The van der Waals surface area contributed by atoms with Crippen LogP contribution in [0.25, 0.3) is 10.9 Å². The van der Waals surface area contributed by atoms with Crippen LogP contribution in [0.2, 0.25) is 0 Å². The smallest absolute Gasteiger partial charge is 0.254 e. The number of carbonyl (C=O) groups is 2. The van der Waals surface area contributed by atoms with Crippen molar-refractivity contribution in [3.63, 3.8) is 0 Å². The van der Waals surface area contributed by atoms with Crippen molar-refractivity contribution in [3.8, 4) is 0 Å². The predicted molar refractivity (Wildman–Crippen MR) is 92.4 cm³/mol. The minimum atomic E-state index is -0.189. The number of aromatic amines is 1. The molecule has 1 saturated heterocycles. The fourth-order valence-electron chi connectivity index (χ4n) is 5.38. The quantitative estimate of drug-likeness (QED) is 0.522. The van der Waals surface area contributed by atoms with Crippen LogP contribution >= 0.6 is 0 Å². The summed E-state index contributed by atoms with van der Waals surface area (Å²) in [6.45, 7) is 0. The van der Waals surface area contributed by atoms with Crippen molar-refractivity contribution in [1.82, 2.24) is 9.99 Å². The molecule has 5 heteroatoms. The van der Waals surface area contributed by atoms with Crippen LogP contribution in [0.15, 0.2) is 47.7 Å². The van der Waals surface area contributed by atoms with Crippen LogP contribution in [0.4, 0.5) is 0 Å². The van der Waals surface area contributed by atoms with E-state index in [0.717, 1.165) is 21.5 Å². The van der Waals surface area contributed by atoms with Crippen LogP contribution in [-0.4, -0.2) is 28.0 Å². The second-order valence-electron chi connectivity index (χ2n) is 7.68. The van der Waals surface area contributed by atoms with Gasteiger partial charge in [0.1, 0.15) is 0 Å². The minimum Gasteiger partial charge on any atom is -0.361 e. The summed E-state index contributed by atoms with van der Waals surface area (Å²) in [4.78, 5) is 28.9. The van der Waals surface area contributed by atoms with Crippen molar-refractivity contribution in [2.45, 2.75) is 6.42 Å². The molecule has 3 fully saturated rings. The first-order chi connectivity index (χ1) is 12.2. The molecule has 25 heavy (non-hydrogen) atoms. The number of carbonyl (C=O) groups excluding carboxylic acids is 2. The van der Waals surface area contributed by atoms with E-state index in [1.54, 1.807) is 6.21 Å². The molecule has 7 rings (SSSR count). The molecule has 5 nitrogen and oxygen atoms in total. The number of aromatic nitrogens is 1. The number of hydrogen-bond donors (Lipinski definition) is 1. The van der Waals surface area contributed by atoms with Gasteiger partial charge in [-0.2, -0.15) is 10.1 Å². The Labute approximate surface area is 144 Å². The number of rotatable bonds is 2. The third-order valence-corrected chi connectivity index (χ3v) is 6.57. The molecule has 2 heterocycles. The average Bonchev–Trinajstić information content (AvgIpc) is 3.31. The van der Waals surface area contributed by atoms with Gasteiger partial charge in [0.25, 0.3) is 11.8 Å². The lowest BCUT2D eigenvalue weighted by Gasteiger charge is -2.37. The molecule has 4 aliphatic carbocycles. The van der Waals surface area contributed by atoms with Gasteiger partial charge in [-0.1, -0.05) is 30.4 Å². The minimum absolute atomic E-state index is 0.115. The zero-order chi connectivity index (χ0) is 16.7. The Bertz CT molecular complexity index is 952. The molecule has 2 aromatic rings. The van der Waals surface area contributed by atoms with E-state index in [0.29, 0.717) is 11.8 Å². The Morgan fingerprint density at radius 1 is 1.04 bits per heavy atom. The standard InChI is InChI=1S/C20H17N3O2/c24-19-17-12-5-6-13(15-7-14(12)15)18(17)20(25)23(19)22-9-10-8-21-16-4-2-1-3-11(10)16/h1-6,8-9,12-15,17-18,21H,7H2/b22-9-/t12-,13-,14-,15-,17-,18+/m0/s1. The number of benzene rings is 1. The molecule has 124 valence electrons. The lowest BCUT2D eigenvalue weighted by atomic mass is 9.63. The van der Waals surface area contributed by atoms with Crippen LogP contribution < -0.4 is 0 Å². The number of para-hydroxylation sites is 1. The Hall–Kier alpha value is -2.69. The van der Waals surface area contributed by atoms with Crippen molar-refractivity contribution in [2.75, 3.05) is 0 Å². The SMILES string of the molecule is O=C1[C@@H]2[C@H]3C=C[C@@H]([C@@H]4C[C@@H]34)[C@@H]2C(=O)N1/N=C\c1c[nH]c2ccccc12. The molecule has 1 aliphatic heterocycles. The van der Waals surface area contributed by atoms with Gasteiger partial charge in [-0.15, -0.1) is 0 Å². The summed E-state index contributed by atoms with van der Waals surface area (Å²) >= 11 is 0. The van der Waals surface area contributed by atoms with Gasteiger partial charge < -0.3 is 4.98 Å². The molecule has 2 amide bonds. The third kappa shape index (κ3) is 1.65. The van der Waals surface area contributed by atoms with Crippen LogP contribution in [0.1, 0.15) is 12.0 Å². The van der Waals surface area contributed by atoms with Crippen molar-refractivity contribution in [1.29, 1.82) is 0 Å². The monoisotopic (exact) mass is 331 g/mol.